The van der Waals surface area contributed by atoms with E-state index in [9.17, 15) is 14.4 Å². The fraction of sp³-hybridized carbons (Fsp3) is 0.591. The van der Waals surface area contributed by atoms with Gasteiger partial charge in [0.1, 0.15) is 6.04 Å². The van der Waals surface area contributed by atoms with Crippen molar-refractivity contribution < 1.29 is 14.4 Å². The molecule has 6 heteroatoms. The molecule has 2 atom stereocenters. The van der Waals surface area contributed by atoms with Crippen molar-refractivity contribution >= 4 is 23.5 Å². The Kier molecular flexibility index (Phi) is 6.37. The van der Waals surface area contributed by atoms with Crippen LogP contribution in [0.1, 0.15) is 57.4 Å². The summed E-state index contributed by atoms with van der Waals surface area (Å²) in [6.07, 6.45) is 6.80. The minimum absolute atomic E-state index is 0.0612. The van der Waals surface area contributed by atoms with E-state index in [0.717, 1.165) is 35.4 Å². The van der Waals surface area contributed by atoms with Crippen molar-refractivity contribution in [1.29, 1.82) is 0 Å². The van der Waals surface area contributed by atoms with Gasteiger partial charge >= 0.3 is 6.03 Å². The topological polar surface area (TPSA) is 69.7 Å². The lowest BCUT2D eigenvalue weighted by molar-refractivity contribution is -0.147. The molecule has 1 aliphatic carbocycles. The number of β-lactam (4-membered cyclic amide) rings is 1. The minimum Gasteiger partial charge on any atom is -0.335 e. The number of likely N-dealkylation sites (N-methyl/N-ethyl adjacent to an activating group) is 1. The maximum atomic E-state index is 12.9. The number of hydrogen-bond donors (Lipinski definition) is 1. The molecule has 2 fully saturated rings. The van der Waals surface area contributed by atoms with Gasteiger partial charge in [-0.15, -0.1) is 0 Å². The third-order valence-electron chi connectivity index (χ3n) is 6.23. The zero-order chi connectivity index (χ0) is 20.3. The van der Waals surface area contributed by atoms with E-state index < -0.39 is 12.1 Å². The summed E-state index contributed by atoms with van der Waals surface area (Å²) in [6.45, 7) is 4.00. The third kappa shape index (κ3) is 4.05. The Morgan fingerprint density at radius 1 is 1.21 bits per heavy atom. The monoisotopic (exact) mass is 385 g/mol. The van der Waals surface area contributed by atoms with Crippen LogP contribution in [0.4, 0.5) is 10.5 Å². The van der Waals surface area contributed by atoms with Crippen molar-refractivity contribution in [2.45, 2.75) is 70.9 Å². The Morgan fingerprint density at radius 2 is 1.89 bits per heavy atom. The average molecular weight is 386 g/mol. The normalized spacial score (nSPS) is 21.0. The van der Waals surface area contributed by atoms with Crippen LogP contribution in [0.2, 0.25) is 0 Å². The van der Waals surface area contributed by atoms with Crippen molar-refractivity contribution in [2.24, 2.45) is 5.92 Å². The van der Waals surface area contributed by atoms with E-state index in [1.807, 2.05) is 31.2 Å². The molecule has 1 heterocycles. The molecule has 152 valence electrons. The van der Waals surface area contributed by atoms with Crippen LogP contribution < -0.4 is 10.2 Å². The van der Waals surface area contributed by atoms with Crippen LogP contribution in [0.15, 0.2) is 24.3 Å². The molecule has 1 aromatic rings. The second-order valence-corrected chi connectivity index (χ2v) is 8.03. The van der Waals surface area contributed by atoms with Crippen molar-refractivity contribution in [3.63, 3.8) is 0 Å². The first-order valence-corrected chi connectivity index (χ1v) is 10.4. The Balaban J connectivity index is 1.67. The third-order valence-corrected chi connectivity index (χ3v) is 6.23. The van der Waals surface area contributed by atoms with Gasteiger partial charge in [0, 0.05) is 18.8 Å². The smallest absolute Gasteiger partial charge is 0.325 e. The molecule has 1 N–H and O–H groups in total. The van der Waals surface area contributed by atoms with E-state index in [1.54, 1.807) is 11.9 Å². The molecule has 4 amide bonds. The fourth-order valence-corrected chi connectivity index (χ4v) is 4.47. The summed E-state index contributed by atoms with van der Waals surface area (Å²) in [4.78, 5) is 40.6. The van der Waals surface area contributed by atoms with Gasteiger partial charge in [-0.1, -0.05) is 44.4 Å². The first-order valence-electron chi connectivity index (χ1n) is 10.4. The number of urea groups is 1. The summed E-state index contributed by atoms with van der Waals surface area (Å²) in [6, 6.07) is 6.51. The largest absolute Gasteiger partial charge is 0.335 e. The van der Waals surface area contributed by atoms with Crippen molar-refractivity contribution in [2.75, 3.05) is 11.9 Å². The number of amides is 4. The Labute approximate surface area is 167 Å². The number of carbonyl (C=O) groups is 3. The average Bonchev–Trinajstić information content (AvgIpc) is 2.70. The Hall–Kier alpha value is -2.37. The highest BCUT2D eigenvalue weighted by atomic mass is 16.2. The first-order chi connectivity index (χ1) is 13.4. The molecule has 0 bridgehead atoms. The van der Waals surface area contributed by atoms with Crippen LogP contribution in [-0.4, -0.2) is 41.9 Å². The number of nitrogens with one attached hydrogen (secondary N) is 1. The summed E-state index contributed by atoms with van der Waals surface area (Å²) >= 11 is 0. The number of imide groups is 1. The van der Waals surface area contributed by atoms with Crippen LogP contribution in [0.3, 0.4) is 0 Å². The van der Waals surface area contributed by atoms with Crippen LogP contribution >= 0.6 is 0 Å². The summed E-state index contributed by atoms with van der Waals surface area (Å²) in [5.41, 5.74) is 1.77. The lowest BCUT2D eigenvalue weighted by Gasteiger charge is -2.41. The van der Waals surface area contributed by atoms with E-state index in [2.05, 4.69) is 12.2 Å². The van der Waals surface area contributed by atoms with Gasteiger partial charge in [0.25, 0.3) is 5.91 Å². The molecule has 0 spiro atoms. The van der Waals surface area contributed by atoms with Gasteiger partial charge in [-0.2, -0.15) is 0 Å². The first kappa shape index (κ1) is 20.4. The minimum atomic E-state index is -0.721. The number of benzene rings is 1. The highest BCUT2D eigenvalue weighted by Crippen LogP contribution is 2.29. The van der Waals surface area contributed by atoms with E-state index >= 15 is 0 Å². The zero-order valence-corrected chi connectivity index (χ0v) is 17.1. The number of likely N-dealkylation sites (tertiary alicyclic amines) is 1. The standard InChI is InChI=1S/C22H31N3O3/c1-4-17(16-11-6-5-7-12-16)23-22(28)25-19(14-20(25)26)21(27)24(3)18-13-9-8-10-15(18)2/h8-10,13,16-17,19H,4-7,11-12,14H2,1-3H3,(H,23,28). The molecule has 0 radical (unpaired) electrons. The van der Waals surface area contributed by atoms with Gasteiger partial charge in [0.2, 0.25) is 5.91 Å². The molecule has 2 aliphatic rings. The van der Waals surface area contributed by atoms with Crippen molar-refractivity contribution in [3.8, 4) is 0 Å². The number of para-hydroxylation sites is 1. The molecule has 6 nitrogen and oxygen atoms in total. The molecule has 28 heavy (non-hydrogen) atoms. The Bertz CT molecular complexity index is 742. The van der Waals surface area contributed by atoms with Gasteiger partial charge in [-0.3, -0.25) is 14.5 Å². The van der Waals surface area contributed by atoms with Crippen LogP contribution in [-0.2, 0) is 9.59 Å². The molecule has 1 aliphatic heterocycles. The predicted molar refractivity (Wildman–Crippen MR) is 109 cm³/mol. The highest BCUT2D eigenvalue weighted by Gasteiger charge is 2.47. The van der Waals surface area contributed by atoms with Gasteiger partial charge in [-0.05, 0) is 43.7 Å². The van der Waals surface area contributed by atoms with Gasteiger partial charge < -0.3 is 10.2 Å². The van der Waals surface area contributed by atoms with Crippen LogP contribution in [0.25, 0.3) is 0 Å². The summed E-state index contributed by atoms with van der Waals surface area (Å²) in [7, 11) is 1.69. The molecular formula is C22H31N3O3. The maximum absolute atomic E-state index is 12.9. The number of aryl methyl sites for hydroxylation is 1. The second-order valence-electron chi connectivity index (χ2n) is 8.03. The Morgan fingerprint density at radius 3 is 2.50 bits per heavy atom. The van der Waals surface area contributed by atoms with E-state index in [4.69, 9.17) is 0 Å². The number of rotatable bonds is 5. The van der Waals surface area contributed by atoms with Crippen molar-refractivity contribution in [3.05, 3.63) is 29.8 Å². The summed E-state index contributed by atoms with van der Waals surface area (Å²) in [5, 5.41) is 3.04. The second kappa shape index (κ2) is 8.76. The molecule has 0 aromatic heterocycles. The molecule has 1 aromatic carbocycles. The fourth-order valence-electron chi connectivity index (χ4n) is 4.47. The van der Waals surface area contributed by atoms with Gasteiger partial charge in [0.15, 0.2) is 0 Å². The van der Waals surface area contributed by atoms with E-state index in [1.165, 1.54) is 19.3 Å². The molecule has 2 unspecified atom stereocenters. The zero-order valence-electron chi connectivity index (χ0n) is 17.1. The predicted octanol–water partition coefficient (Wildman–Crippen LogP) is 3.63. The van der Waals surface area contributed by atoms with Gasteiger partial charge in [-0.25, -0.2) is 4.79 Å². The van der Waals surface area contributed by atoms with Crippen LogP contribution in [0, 0.1) is 12.8 Å². The molecule has 1 saturated heterocycles. The van der Waals surface area contributed by atoms with Crippen molar-refractivity contribution in [1.82, 2.24) is 10.2 Å². The molecule has 3 rings (SSSR count). The maximum Gasteiger partial charge on any atom is 0.325 e. The van der Waals surface area contributed by atoms with E-state index in [0.29, 0.717) is 5.92 Å². The number of anilines is 1. The summed E-state index contributed by atoms with van der Waals surface area (Å²) < 4.78 is 0. The molecule has 1 saturated carbocycles. The summed E-state index contributed by atoms with van der Waals surface area (Å²) in [5.74, 6) is -0.0508. The number of nitrogens with zero attached hydrogens (tertiary/aromatic N) is 2. The quantitative estimate of drug-likeness (QED) is 0.787. The number of hydrogen-bond acceptors (Lipinski definition) is 3. The SMILES string of the molecule is CCC(NC(=O)N1C(=O)CC1C(=O)N(C)c1ccccc1C)C1CCCCC1. The number of carbonyl (C=O) groups excluding carboxylic acids is 3. The van der Waals surface area contributed by atoms with Gasteiger partial charge in [0.05, 0.1) is 6.42 Å². The highest BCUT2D eigenvalue weighted by molar-refractivity contribution is 6.11. The lowest BCUT2D eigenvalue weighted by atomic mass is 9.83. The molecular weight excluding hydrogens is 354 g/mol. The van der Waals surface area contributed by atoms with E-state index in [-0.39, 0.29) is 24.3 Å². The lowest BCUT2D eigenvalue weighted by Crippen LogP contribution is -2.65. The van der Waals surface area contributed by atoms with Crippen LogP contribution in [0.5, 0.6) is 0 Å².